The largest absolute Gasteiger partial charge is 0.381 e. The van der Waals surface area contributed by atoms with E-state index in [4.69, 9.17) is 14.5 Å². The van der Waals surface area contributed by atoms with Crippen LogP contribution in [0, 0.1) is 5.92 Å². The SMILES string of the molecule is CCNC(=NCc1ccc2c(c1)CCCN2C)NCCCOCC1CCOC1.I. The van der Waals surface area contributed by atoms with Crippen molar-refractivity contribution >= 4 is 35.6 Å². The van der Waals surface area contributed by atoms with Gasteiger partial charge >= 0.3 is 0 Å². The number of halogens is 1. The number of aliphatic imine (C=N–C) groups is 1. The summed E-state index contributed by atoms with van der Waals surface area (Å²) in [6, 6.07) is 6.76. The van der Waals surface area contributed by atoms with Crippen LogP contribution in [0.1, 0.15) is 37.3 Å². The van der Waals surface area contributed by atoms with Crippen LogP contribution in [0.25, 0.3) is 0 Å². The number of rotatable bonds is 9. The predicted octanol–water partition coefficient (Wildman–Crippen LogP) is 3.19. The van der Waals surface area contributed by atoms with Gasteiger partial charge in [0.05, 0.1) is 19.8 Å². The number of ether oxygens (including phenoxy) is 2. The molecule has 7 heteroatoms. The van der Waals surface area contributed by atoms with Gasteiger partial charge in [0, 0.05) is 51.5 Å². The highest BCUT2D eigenvalue weighted by Gasteiger charge is 2.15. The number of benzene rings is 1. The first-order chi connectivity index (χ1) is 13.8. The minimum absolute atomic E-state index is 0. The number of nitrogens with zero attached hydrogens (tertiary/aromatic N) is 2. The van der Waals surface area contributed by atoms with E-state index in [9.17, 15) is 0 Å². The van der Waals surface area contributed by atoms with Crippen molar-refractivity contribution in [2.45, 2.75) is 39.2 Å². The van der Waals surface area contributed by atoms with Gasteiger partial charge in [-0.25, -0.2) is 4.99 Å². The van der Waals surface area contributed by atoms with Gasteiger partial charge in [-0.2, -0.15) is 0 Å². The zero-order valence-corrected chi connectivity index (χ0v) is 20.2. The molecule has 1 saturated heterocycles. The minimum Gasteiger partial charge on any atom is -0.381 e. The van der Waals surface area contributed by atoms with Gasteiger partial charge in [0.25, 0.3) is 0 Å². The number of hydrogen-bond acceptors (Lipinski definition) is 4. The Hall–Kier alpha value is -1.06. The second kappa shape index (κ2) is 13.3. The molecule has 1 atom stereocenters. The third kappa shape index (κ3) is 7.94. The Labute approximate surface area is 192 Å². The number of fused-ring (bicyclic) bond motifs is 1. The van der Waals surface area contributed by atoms with Crippen LogP contribution in [0.5, 0.6) is 0 Å². The third-order valence-electron chi connectivity index (χ3n) is 5.39. The Balaban J connectivity index is 0.00000300. The fourth-order valence-electron chi connectivity index (χ4n) is 3.79. The van der Waals surface area contributed by atoms with Crippen molar-refractivity contribution in [2.75, 3.05) is 58.0 Å². The highest BCUT2D eigenvalue weighted by Crippen LogP contribution is 2.26. The third-order valence-corrected chi connectivity index (χ3v) is 5.39. The zero-order chi connectivity index (χ0) is 19.6. The Bertz CT molecular complexity index is 635. The van der Waals surface area contributed by atoms with E-state index in [-0.39, 0.29) is 24.0 Å². The first kappa shape index (κ1) is 24.2. The Kier molecular flexibility index (Phi) is 11.1. The van der Waals surface area contributed by atoms with Gasteiger partial charge in [-0.1, -0.05) is 12.1 Å². The maximum absolute atomic E-state index is 5.77. The van der Waals surface area contributed by atoms with E-state index >= 15 is 0 Å². The van der Waals surface area contributed by atoms with Crippen molar-refractivity contribution in [1.29, 1.82) is 0 Å². The lowest BCUT2D eigenvalue weighted by Gasteiger charge is -2.27. The molecule has 0 saturated carbocycles. The molecule has 0 aliphatic carbocycles. The molecule has 1 unspecified atom stereocenters. The molecule has 2 N–H and O–H groups in total. The monoisotopic (exact) mass is 516 g/mol. The molecule has 0 aromatic heterocycles. The molecule has 29 heavy (non-hydrogen) atoms. The van der Waals surface area contributed by atoms with Crippen LogP contribution < -0.4 is 15.5 Å². The molecule has 0 spiro atoms. The molecule has 0 bridgehead atoms. The molecule has 2 heterocycles. The topological polar surface area (TPSA) is 58.1 Å². The lowest BCUT2D eigenvalue weighted by molar-refractivity contribution is 0.0888. The van der Waals surface area contributed by atoms with Crippen LogP contribution in [-0.2, 0) is 22.4 Å². The van der Waals surface area contributed by atoms with Crippen LogP contribution in [0.2, 0.25) is 0 Å². The molecule has 3 rings (SSSR count). The molecule has 0 amide bonds. The molecule has 1 aromatic carbocycles. The van der Waals surface area contributed by atoms with Gasteiger partial charge in [-0.15, -0.1) is 24.0 Å². The molecular formula is C22H37IN4O2. The molecule has 164 valence electrons. The van der Waals surface area contributed by atoms with Gasteiger partial charge in [0.15, 0.2) is 5.96 Å². The Morgan fingerprint density at radius 2 is 2.24 bits per heavy atom. The van der Waals surface area contributed by atoms with Crippen LogP contribution in [0.4, 0.5) is 5.69 Å². The molecule has 2 aliphatic rings. The van der Waals surface area contributed by atoms with Crippen molar-refractivity contribution in [1.82, 2.24) is 10.6 Å². The first-order valence-electron chi connectivity index (χ1n) is 10.8. The van der Waals surface area contributed by atoms with Crippen molar-refractivity contribution in [2.24, 2.45) is 10.9 Å². The lowest BCUT2D eigenvalue weighted by Crippen LogP contribution is -2.38. The average Bonchev–Trinajstić information content (AvgIpc) is 3.22. The van der Waals surface area contributed by atoms with E-state index in [1.165, 1.54) is 29.7 Å². The average molecular weight is 516 g/mol. The van der Waals surface area contributed by atoms with Gasteiger partial charge in [0.1, 0.15) is 0 Å². The van der Waals surface area contributed by atoms with Crippen LogP contribution >= 0.6 is 24.0 Å². The van der Waals surface area contributed by atoms with Crippen LogP contribution in [-0.4, -0.2) is 59.1 Å². The summed E-state index contributed by atoms with van der Waals surface area (Å²) in [6.07, 6.45) is 4.51. The van der Waals surface area contributed by atoms with Crippen molar-refractivity contribution < 1.29 is 9.47 Å². The second-order valence-corrected chi connectivity index (χ2v) is 7.77. The maximum Gasteiger partial charge on any atom is 0.191 e. The number of guanidine groups is 1. The summed E-state index contributed by atoms with van der Waals surface area (Å²) in [5.41, 5.74) is 4.09. The van der Waals surface area contributed by atoms with Gasteiger partial charge in [0.2, 0.25) is 0 Å². The summed E-state index contributed by atoms with van der Waals surface area (Å²) in [5.74, 6) is 1.46. The van der Waals surface area contributed by atoms with E-state index in [1.807, 2.05) is 0 Å². The summed E-state index contributed by atoms with van der Waals surface area (Å²) < 4.78 is 11.1. The fraction of sp³-hybridized carbons (Fsp3) is 0.682. The zero-order valence-electron chi connectivity index (χ0n) is 17.9. The standard InChI is InChI=1S/C22H36N4O2.HI/c1-3-23-22(24-10-5-12-27-16-19-9-13-28-17-19)25-15-18-7-8-21-20(14-18)6-4-11-26(21)2;/h7-8,14,19H,3-6,9-13,15-17H2,1-2H3,(H2,23,24,25);1H. The Morgan fingerprint density at radius 1 is 1.34 bits per heavy atom. The van der Waals surface area contributed by atoms with Crippen molar-refractivity contribution in [3.05, 3.63) is 29.3 Å². The summed E-state index contributed by atoms with van der Waals surface area (Å²) in [6.45, 7) is 9.01. The quantitative estimate of drug-likeness (QED) is 0.229. The Morgan fingerprint density at radius 3 is 3.03 bits per heavy atom. The summed E-state index contributed by atoms with van der Waals surface area (Å²) in [4.78, 5) is 7.10. The molecule has 6 nitrogen and oxygen atoms in total. The lowest BCUT2D eigenvalue weighted by atomic mass is 10.00. The molecule has 1 aromatic rings. The first-order valence-corrected chi connectivity index (χ1v) is 10.8. The minimum atomic E-state index is 0. The summed E-state index contributed by atoms with van der Waals surface area (Å²) in [7, 11) is 2.17. The highest BCUT2D eigenvalue weighted by atomic mass is 127. The van der Waals surface area contributed by atoms with E-state index in [0.717, 1.165) is 64.9 Å². The number of nitrogens with one attached hydrogen (secondary N) is 2. The molecule has 0 radical (unpaired) electrons. The fourth-order valence-corrected chi connectivity index (χ4v) is 3.79. The van der Waals surface area contributed by atoms with E-state index in [1.54, 1.807) is 0 Å². The molecular weight excluding hydrogens is 479 g/mol. The van der Waals surface area contributed by atoms with Gasteiger partial charge in [-0.3, -0.25) is 0 Å². The van der Waals surface area contributed by atoms with Gasteiger partial charge in [-0.05, 0) is 49.8 Å². The predicted molar refractivity (Wildman–Crippen MR) is 131 cm³/mol. The maximum atomic E-state index is 5.77. The molecule has 1 fully saturated rings. The number of anilines is 1. The van der Waals surface area contributed by atoms with Crippen molar-refractivity contribution in [3.8, 4) is 0 Å². The van der Waals surface area contributed by atoms with E-state index in [2.05, 4.69) is 47.7 Å². The van der Waals surface area contributed by atoms with Crippen molar-refractivity contribution in [3.63, 3.8) is 0 Å². The van der Waals surface area contributed by atoms with E-state index in [0.29, 0.717) is 12.5 Å². The second-order valence-electron chi connectivity index (χ2n) is 7.77. The van der Waals surface area contributed by atoms with Crippen LogP contribution in [0.15, 0.2) is 23.2 Å². The van der Waals surface area contributed by atoms with E-state index < -0.39 is 0 Å². The number of aryl methyl sites for hydroxylation is 1. The summed E-state index contributed by atoms with van der Waals surface area (Å²) in [5, 5.41) is 6.75. The molecule has 2 aliphatic heterocycles. The summed E-state index contributed by atoms with van der Waals surface area (Å²) >= 11 is 0. The normalized spacial score (nSPS) is 18.9. The number of hydrogen-bond donors (Lipinski definition) is 2. The van der Waals surface area contributed by atoms with Crippen LogP contribution in [0.3, 0.4) is 0 Å². The van der Waals surface area contributed by atoms with Gasteiger partial charge < -0.3 is 25.0 Å². The smallest absolute Gasteiger partial charge is 0.191 e. The highest BCUT2D eigenvalue weighted by molar-refractivity contribution is 14.0.